The van der Waals surface area contributed by atoms with Crippen molar-refractivity contribution in [3.8, 4) is 0 Å². The van der Waals surface area contributed by atoms with Crippen molar-refractivity contribution in [1.82, 2.24) is 5.32 Å². The molecule has 96 valence electrons. The Morgan fingerprint density at radius 1 is 1.06 bits per heavy atom. The summed E-state index contributed by atoms with van der Waals surface area (Å²) in [4.78, 5) is 0. The van der Waals surface area contributed by atoms with Crippen molar-refractivity contribution in [2.75, 3.05) is 0 Å². The van der Waals surface area contributed by atoms with Gasteiger partial charge < -0.3 is 5.32 Å². The summed E-state index contributed by atoms with van der Waals surface area (Å²) in [7, 11) is 0. The Labute approximate surface area is 102 Å². The van der Waals surface area contributed by atoms with Crippen molar-refractivity contribution >= 4 is 0 Å². The topological polar surface area (TPSA) is 12.0 Å². The van der Waals surface area contributed by atoms with Crippen LogP contribution < -0.4 is 5.32 Å². The normalized spacial score (nSPS) is 32.6. The van der Waals surface area contributed by atoms with E-state index in [0.29, 0.717) is 6.04 Å². The highest BCUT2D eigenvalue weighted by Crippen LogP contribution is 2.28. The number of nitrogens with one attached hydrogen (secondary N) is 1. The molecule has 1 nitrogen and oxygen atoms in total. The highest BCUT2D eigenvalue weighted by atomic mass is 14.9. The highest BCUT2D eigenvalue weighted by molar-refractivity contribution is 4.81. The van der Waals surface area contributed by atoms with Gasteiger partial charge in [-0.15, -0.1) is 0 Å². The molecule has 0 aromatic heterocycles. The second kappa shape index (κ2) is 7.32. The van der Waals surface area contributed by atoms with Crippen LogP contribution in [0.3, 0.4) is 0 Å². The standard InChI is InChI=1S/C15H31N/c1-5-6-7-8-14(4)16-15-10-12(2)9-13(3)11-15/h12-16H,5-11H2,1-4H3. The van der Waals surface area contributed by atoms with Crippen LogP contribution in [0.5, 0.6) is 0 Å². The molecule has 0 bridgehead atoms. The summed E-state index contributed by atoms with van der Waals surface area (Å²) < 4.78 is 0. The highest BCUT2D eigenvalue weighted by Gasteiger charge is 2.24. The van der Waals surface area contributed by atoms with Crippen LogP contribution >= 0.6 is 0 Å². The monoisotopic (exact) mass is 225 g/mol. The Kier molecular flexibility index (Phi) is 6.41. The predicted octanol–water partition coefficient (Wildman–Crippen LogP) is 4.37. The number of hydrogen-bond acceptors (Lipinski definition) is 1. The average Bonchev–Trinajstić information content (AvgIpc) is 2.16. The molecular formula is C15H31N. The van der Waals surface area contributed by atoms with Crippen LogP contribution in [0.15, 0.2) is 0 Å². The summed E-state index contributed by atoms with van der Waals surface area (Å²) in [6.07, 6.45) is 9.69. The molecule has 0 aliphatic heterocycles. The van der Waals surface area contributed by atoms with E-state index in [2.05, 4.69) is 33.0 Å². The summed E-state index contributed by atoms with van der Waals surface area (Å²) in [5.74, 6) is 1.84. The van der Waals surface area contributed by atoms with Gasteiger partial charge in [-0.05, 0) is 44.4 Å². The van der Waals surface area contributed by atoms with Gasteiger partial charge in [-0.25, -0.2) is 0 Å². The summed E-state index contributed by atoms with van der Waals surface area (Å²) in [5.41, 5.74) is 0. The third-order valence-corrected chi connectivity index (χ3v) is 3.94. The lowest BCUT2D eigenvalue weighted by Gasteiger charge is -2.34. The molecule has 0 heterocycles. The molecule has 16 heavy (non-hydrogen) atoms. The summed E-state index contributed by atoms with van der Waals surface area (Å²) in [6, 6.07) is 1.50. The van der Waals surface area contributed by atoms with Crippen molar-refractivity contribution in [3.63, 3.8) is 0 Å². The van der Waals surface area contributed by atoms with Crippen LogP contribution in [-0.4, -0.2) is 12.1 Å². The Morgan fingerprint density at radius 2 is 1.69 bits per heavy atom. The minimum Gasteiger partial charge on any atom is -0.311 e. The molecular weight excluding hydrogens is 194 g/mol. The van der Waals surface area contributed by atoms with E-state index in [0.717, 1.165) is 17.9 Å². The molecule has 1 N–H and O–H groups in total. The van der Waals surface area contributed by atoms with Crippen molar-refractivity contribution in [3.05, 3.63) is 0 Å². The van der Waals surface area contributed by atoms with Crippen LogP contribution in [-0.2, 0) is 0 Å². The molecule has 1 fully saturated rings. The zero-order chi connectivity index (χ0) is 12.0. The maximum absolute atomic E-state index is 3.84. The fourth-order valence-electron chi connectivity index (χ4n) is 3.27. The molecule has 3 atom stereocenters. The second-order valence-corrected chi connectivity index (χ2v) is 6.18. The fraction of sp³-hybridized carbons (Fsp3) is 1.00. The van der Waals surface area contributed by atoms with E-state index in [1.54, 1.807) is 0 Å². The zero-order valence-electron chi connectivity index (χ0n) is 11.8. The molecule has 0 aromatic carbocycles. The van der Waals surface area contributed by atoms with Crippen molar-refractivity contribution in [2.45, 2.75) is 84.7 Å². The lowest BCUT2D eigenvalue weighted by Crippen LogP contribution is -2.41. The van der Waals surface area contributed by atoms with E-state index < -0.39 is 0 Å². The molecule has 1 rings (SSSR count). The lowest BCUT2D eigenvalue weighted by molar-refractivity contribution is 0.225. The first-order valence-corrected chi connectivity index (χ1v) is 7.37. The largest absolute Gasteiger partial charge is 0.311 e. The van der Waals surface area contributed by atoms with Gasteiger partial charge in [0.1, 0.15) is 0 Å². The summed E-state index contributed by atoms with van der Waals surface area (Å²) >= 11 is 0. The van der Waals surface area contributed by atoms with Gasteiger partial charge in [0.2, 0.25) is 0 Å². The average molecular weight is 225 g/mol. The van der Waals surface area contributed by atoms with Crippen molar-refractivity contribution < 1.29 is 0 Å². The van der Waals surface area contributed by atoms with Gasteiger partial charge in [0.05, 0.1) is 0 Å². The second-order valence-electron chi connectivity index (χ2n) is 6.18. The van der Waals surface area contributed by atoms with E-state index in [1.165, 1.54) is 44.9 Å². The van der Waals surface area contributed by atoms with Crippen LogP contribution in [0.25, 0.3) is 0 Å². The first-order valence-electron chi connectivity index (χ1n) is 7.37. The third-order valence-electron chi connectivity index (χ3n) is 3.94. The smallest absolute Gasteiger partial charge is 0.00746 e. The Morgan fingerprint density at radius 3 is 2.25 bits per heavy atom. The predicted molar refractivity (Wildman–Crippen MR) is 72.7 cm³/mol. The quantitative estimate of drug-likeness (QED) is 0.662. The zero-order valence-corrected chi connectivity index (χ0v) is 11.8. The molecule has 0 spiro atoms. The molecule has 1 aliphatic rings. The van der Waals surface area contributed by atoms with Gasteiger partial charge in [-0.1, -0.05) is 40.0 Å². The van der Waals surface area contributed by atoms with E-state index >= 15 is 0 Å². The molecule has 1 heteroatoms. The fourth-order valence-corrected chi connectivity index (χ4v) is 3.27. The van der Waals surface area contributed by atoms with Gasteiger partial charge in [0.15, 0.2) is 0 Å². The molecule has 3 unspecified atom stereocenters. The first-order chi connectivity index (χ1) is 7.61. The maximum Gasteiger partial charge on any atom is 0.00746 e. The number of hydrogen-bond donors (Lipinski definition) is 1. The lowest BCUT2D eigenvalue weighted by atomic mass is 9.80. The van der Waals surface area contributed by atoms with E-state index in [1.807, 2.05) is 0 Å². The Bertz CT molecular complexity index is 168. The van der Waals surface area contributed by atoms with E-state index in [-0.39, 0.29) is 0 Å². The number of rotatable bonds is 6. The molecule has 1 aliphatic carbocycles. The van der Waals surface area contributed by atoms with Gasteiger partial charge in [-0.2, -0.15) is 0 Å². The molecule has 0 amide bonds. The first kappa shape index (κ1) is 14.0. The number of unbranched alkanes of at least 4 members (excludes halogenated alkanes) is 2. The van der Waals surface area contributed by atoms with Gasteiger partial charge in [0, 0.05) is 12.1 Å². The van der Waals surface area contributed by atoms with Crippen molar-refractivity contribution in [1.29, 1.82) is 0 Å². The van der Waals surface area contributed by atoms with Crippen LogP contribution in [0.1, 0.15) is 72.6 Å². The van der Waals surface area contributed by atoms with E-state index in [4.69, 9.17) is 0 Å². The molecule has 1 saturated carbocycles. The minimum absolute atomic E-state index is 0.717. The van der Waals surface area contributed by atoms with E-state index in [9.17, 15) is 0 Å². The Hall–Kier alpha value is -0.0400. The van der Waals surface area contributed by atoms with Crippen LogP contribution in [0, 0.1) is 11.8 Å². The minimum atomic E-state index is 0.717. The van der Waals surface area contributed by atoms with Crippen molar-refractivity contribution in [2.24, 2.45) is 11.8 Å². The Balaban J connectivity index is 2.19. The summed E-state index contributed by atoms with van der Waals surface area (Å²) in [5, 5.41) is 3.84. The van der Waals surface area contributed by atoms with Gasteiger partial charge in [-0.3, -0.25) is 0 Å². The van der Waals surface area contributed by atoms with Crippen LogP contribution in [0.2, 0.25) is 0 Å². The maximum atomic E-state index is 3.84. The van der Waals surface area contributed by atoms with Gasteiger partial charge in [0.25, 0.3) is 0 Å². The third kappa shape index (κ3) is 5.34. The molecule has 0 radical (unpaired) electrons. The van der Waals surface area contributed by atoms with Gasteiger partial charge >= 0.3 is 0 Å². The molecule has 0 saturated heterocycles. The SMILES string of the molecule is CCCCCC(C)NC1CC(C)CC(C)C1. The summed E-state index contributed by atoms with van der Waals surface area (Å²) in [6.45, 7) is 9.46. The molecule has 0 aromatic rings. The van der Waals surface area contributed by atoms with Crippen LogP contribution in [0.4, 0.5) is 0 Å².